The number of hydrogen-bond donors (Lipinski definition) is 1. The van der Waals surface area contributed by atoms with E-state index in [9.17, 15) is 9.59 Å². The zero-order valence-electron chi connectivity index (χ0n) is 13.5. The molecule has 24 heavy (non-hydrogen) atoms. The van der Waals surface area contributed by atoms with Crippen LogP contribution in [0.1, 0.15) is 28.3 Å². The van der Waals surface area contributed by atoms with E-state index >= 15 is 0 Å². The Morgan fingerprint density at radius 1 is 1.29 bits per heavy atom. The molecule has 7 nitrogen and oxygen atoms in total. The third-order valence-corrected chi connectivity index (χ3v) is 5.06. The van der Waals surface area contributed by atoms with Gasteiger partial charge in [-0.15, -0.1) is 11.3 Å². The third-order valence-electron chi connectivity index (χ3n) is 4.20. The zero-order chi connectivity index (χ0) is 17.1. The van der Waals surface area contributed by atoms with E-state index in [0.717, 1.165) is 19.6 Å². The van der Waals surface area contributed by atoms with Crippen LogP contribution >= 0.6 is 11.3 Å². The Balaban J connectivity index is 1.56. The van der Waals surface area contributed by atoms with E-state index < -0.39 is 12.0 Å². The molecule has 1 fully saturated rings. The first-order chi connectivity index (χ1) is 11.5. The second kappa shape index (κ2) is 7.14. The van der Waals surface area contributed by atoms with E-state index in [4.69, 9.17) is 5.11 Å². The summed E-state index contributed by atoms with van der Waals surface area (Å²) in [6, 6.07) is 4.97. The van der Waals surface area contributed by atoms with Gasteiger partial charge in [0.15, 0.2) is 0 Å². The van der Waals surface area contributed by atoms with E-state index in [1.807, 2.05) is 6.07 Å². The molecule has 0 spiro atoms. The fraction of sp³-hybridized carbons (Fsp3) is 0.438. The number of carboxylic acids is 1. The van der Waals surface area contributed by atoms with Crippen molar-refractivity contribution in [3.8, 4) is 0 Å². The number of carbonyl (C=O) groups is 2. The summed E-state index contributed by atoms with van der Waals surface area (Å²) in [6.07, 6.45) is 1.54. The van der Waals surface area contributed by atoms with Crippen molar-refractivity contribution in [2.45, 2.75) is 19.5 Å². The number of thiophene rings is 1. The number of aromatic nitrogens is 2. The summed E-state index contributed by atoms with van der Waals surface area (Å²) in [4.78, 5) is 28.9. The van der Waals surface area contributed by atoms with Gasteiger partial charge in [0, 0.05) is 43.8 Å². The van der Waals surface area contributed by atoms with Gasteiger partial charge in [-0.3, -0.25) is 14.4 Å². The van der Waals surface area contributed by atoms with Crippen LogP contribution in [0.5, 0.6) is 0 Å². The van der Waals surface area contributed by atoms with Gasteiger partial charge in [0.05, 0.1) is 0 Å². The molecule has 3 rings (SSSR count). The number of piperazine rings is 1. The van der Waals surface area contributed by atoms with Crippen LogP contribution in [0.15, 0.2) is 29.8 Å². The molecule has 2 aromatic heterocycles. The number of rotatable bonds is 5. The quantitative estimate of drug-likeness (QED) is 0.887. The van der Waals surface area contributed by atoms with Crippen LogP contribution in [0.3, 0.4) is 0 Å². The zero-order valence-corrected chi connectivity index (χ0v) is 14.3. The predicted molar refractivity (Wildman–Crippen MR) is 90.1 cm³/mol. The molecule has 8 heteroatoms. The minimum atomic E-state index is -0.973. The lowest BCUT2D eigenvalue weighted by Gasteiger charge is -2.34. The van der Waals surface area contributed by atoms with Gasteiger partial charge < -0.3 is 10.0 Å². The smallest absolute Gasteiger partial charge is 0.328 e. The molecule has 3 heterocycles. The highest BCUT2D eigenvalue weighted by atomic mass is 32.1. The highest BCUT2D eigenvalue weighted by molar-refractivity contribution is 7.09. The van der Waals surface area contributed by atoms with Crippen LogP contribution in [0.4, 0.5) is 0 Å². The Hall–Kier alpha value is -2.19. The molecule has 0 saturated carbocycles. The van der Waals surface area contributed by atoms with Crippen LogP contribution in [0.2, 0.25) is 0 Å². The molecular formula is C16H20N4O3S. The first-order valence-electron chi connectivity index (χ1n) is 7.86. The van der Waals surface area contributed by atoms with Crippen LogP contribution in [0.25, 0.3) is 0 Å². The van der Waals surface area contributed by atoms with Crippen molar-refractivity contribution < 1.29 is 14.7 Å². The monoisotopic (exact) mass is 348 g/mol. The van der Waals surface area contributed by atoms with Gasteiger partial charge in [0.25, 0.3) is 5.91 Å². The van der Waals surface area contributed by atoms with Gasteiger partial charge in [-0.2, -0.15) is 5.10 Å². The van der Waals surface area contributed by atoms with Gasteiger partial charge in [-0.1, -0.05) is 6.07 Å². The summed E-state index contributed by atoms with van der Waals surface area (Å²) in [6.45, 7) is 5.43. The molecule has 0 aromatic carbocycles. The van der Waals surface area contributed by atoms with E-state index in [-0.39, 0.29) is 5.91 Å². The maximum absolute atomic E-state index is 12.5. The van der Waals surface area contributed by atoms with E-state index in [2.05, 4.69) is 21.4 Å². The average Bonchev–Trinajstić information content (AvgIpc) is 3.26. The molecule has 1 saturated heterocycles. The van der Waals surface area contributed by atoms with Crippen LogP contribution in [-0.2, 0) is 11.3 Å². The lowest BCUT2D eigenvalue weighted by molar-refractivity contribution is -0.140. The first-order valence-corrected chi connectivity index (χ1v) is 8.74. The molecule has 1 amide bonds. The topological polar surface area (TPSA) is 78.7 Å². The van der Waals surface area contributed by atoms with Crippen molar-refractivity contribution in [3.63, 3.8) is 0 Å². The largest absolute Gasteiger partial charge is 0.480 e. The summed E-state index contributed by atoms with van der Waals surface area (Å²) in [5, 5.41) is 15.2. The van der Waals surface area contributed by atoms with E-state index in [1.165, 1.54) is 16.5 Å². The molecule has 2 aromatic rings. The Morgan fingerprint density at radius 3 is 2.67 bits per heavy atom. The molecule has 128 valence electrons. The van der Waals surface area contributed by atoms with Crippen LogP contribution in [0, 0.1) is 0 Å². The van der Waals surface area contributed by atoms with Crippen molar-refractivity contribution in [2.75, 3.05) is 26.2 Å². The maximum atomic E-state index is 12.5. The Bertz CT molecular complexity index is 705. The van der Waals surface area contributed by atoms with Crippen molar-refractivity contribution in [1.29, 1.82) is 0 Å². The summed E-state index contributed by atoms with van der Waals surface area (Å²) >= 11 is 1.75. The standard InChI is InChI=1S/C16H20N4O3S/c1-12(16(22)23)20-5-4-14(17-20)15(21)19-8-6-18(7-9-19)11-13-3-2-10-24-13/h2-5,10,12H,6-9,11H2,1H3,(H,22,23). The molecule has 1 aliphatic rings. The van der Waals surface area contributed by atoms with Crippen molar-refractivity contribution in [1.82, 2.24) is 19.6 Å². The van der Waals surface area contributed by atoms with Gasteiger partial charge in [-0.05, 0) is 24.4 Å². The summed E-state index contributed by atoms with van der Waals surface area (Å²) in [5.41, 5.74) is 0.301. The SMILES string of the molecule is CC(C(=O)O)n1ccc(C(=O)N2CCN(Cc3cccs3)CC2)n1. The highest BCUT2D eigenvalue weighted by Crippen LogP contribution is 2.15. The van der Waals surface area contributed by atoms with Crippen molar-refractivity contribution in [3.05, 3.63) is 40.3 Å². The second-order valence-electron chi connectivity index (χ2n) is 5.84. The van der Waals surface area contributed by atoms with Gasteiger partial charge in [0.1, 0.15) is 11.7 Å². The lowest BCUT2D eigenvalue weighted by Crippen LogP contribution is -2.48. The molecule has 1 N–H and O–H groups in total. The van der Waals surface area contributed by atoms with E-state index in [1.54, 1.807) is 28.5 Å². The van der Waals surface area contributed by atoms with Crippen LogP contribution < -0.4 is 0 Å². The Morgan fingerprint density at radius 2 is 2.04 bits per heavy atom. The summed E-state index contributed by atoms with van der Waals surface area (Å²) in [5.74, 6) is -1.11. The van der Waals surface area contributed by atoms with Gasteiger partial charge >= 0.3 is 5.97 Å². The Kier molecular flexibility index (Phi) is 4.96. The van der Waals surface area contributed by atoms with Gasteiger partial charge in [0.2, 0.25) is 0 Å². The number of amides is 1. The van der Waals surface area contributed by atoms with E-state index in [0.29, 0.717) is 18.8 Å². The molecule has 1 unspecified atom stereocenters. The fourth-order valence-electron chi connectivity index (χ4n) is 2.67. The predicted octanol–water partition coefficient (Wildman–Crippen LogP) is 1.55. The van der Waals surface area contributed by atoms with Crippen LogP contribution in [-0.4, -0.2) is 62.7 Å². The Labute approximate surface area is 144 Å². The van der Waals surface area contributed by atoms with Gasteiger partial charge in [-0.25, -0.2) is 4.79 Å². The number of aliphatic carboxylic acids is 1. The minimum Gasteiger partial charge on any atom is -0.480 e. The second-order valence-corrected chi connectivity index (χ2v) is 6.88. The number of carbonyl (C=O) groups excluding carboxylic acids is 1. The molecule has 1 atom stereocenters. The third kappa shape index (κ3) is 3.65. The normalized spacial score (nSPS) is 17.0. The number of nitrogens with zero attached hydrogens (tertiary/aromatic N) is 4. The number of hydrogen-bond acceptors (Lipinski definition) is 5. The molecule has 0 aliphatic carbocycles. The highest BCUT2D eigenvalue weighted by Gasteiger charge is 2.24. The summed E-state index contributed by atoms with van der Waals surface area (Å²) in [7, 11) is 0. The summed E-state index contributed by atoms with van der Waals surface area (Å²) < 4.78 is 1.31. The molecular weight excluding hydrogens is 328 g/mol. The maximum Gasteiger partial charge on any atom is 0.328 e. The first kappa shape index (κ1) is 16.7. The molecule has 1 aliphatic heterocycles. The minimum absolute atomic E-state index is 0.137. The number of carboxylic acid groups (broad SMARTS) is 1. The fourth-order valence-corrected chi connectivity index (χ4v) is 3.42. The van der Waals surface area contributed by atoms with Crippen molar-refractivity contribution >= 4 is 23.2 Å². The van der Waals surface area contributed by atoms with Crippen molar-refractivity contribution in [2.24, 2.45) is 0 Å². The lowest BCUT2D eigenvalue weighted by atomic mass is 10.2. The molecule has 0 bridgehead atoms. The molecule has 0 radical (unpaired) electrons. The average molecular weight is 348 g/mol.